The third-order valence-electron chi connectivity index (χ3n) is 3.32. The quantitative estimate of drug-likeness (QED) is 0.235. The first kappa shape index (κ1) is 22.3. The van der Waals surface area contributed by atoms with E-state index in [0.717, 1.165) is 31.4 Å². The normalized spacial score (nSPS) is 14.7. The number of ether oxygens (including phenoxy) is 1. The lowest BCUT2D eigenvalue weighted by Gasteiger charge is -2.19. The molecule has 0 atom stereocenters. The Hall–Kier alpha value is -0.730. The monoisotopic (exact) mass is 440 g/mol. The molecule has 0 heterocycles. The molecule has 0 saturated heterocycles. The van der Waals surface area contributed by atoms with E-state index in [2.05, 4.69) is 20.9 Å². The molecule has 0 bridgehead atoms. The maximum Gasteiger partial charge on any atom is 0.407 e. The van der Waals surface area contributed by atoms with Crippen molar-refractivity contribution >= 4 is 36.0 Å². The van der Waals surface area contributed by atoms with Crippen molar-refractivity contribution in [2.24, 2.45) is 10.9 Å². The molecule has 6 nitrogen and oxygen atoms in total. The summed E-state index contributed by atoms with van der Waals surface area (Å²) in [5.74, 6) is 1.81. The van der Waals surface area contributed by atoms with Crippen molar-refractivity contribution in [2.45, 2.75) is 58.5 Å². The molecule has 1 amide bonds. The number of alkyl carbamates (subject to hydrolysis) is 1. The molecule has 0 aromatic rings. The number of rotatable bonds is 8. The molecule has 1 aliphatic carbocycles. The van der Waals surface area contributed by atoms with Crippen molar-refractivity contribution in [3.63, 3.8) is 0 Å². The predicted octanol–water partition coefficient (Wildman–Crippen LogP) is 2.87. The second-order valence-corrected chi connectivity index (χ2v) is 6.79. The van der Waals surface area contributed by atoms with Crippen molar-refractivity contribution in [1.82, 2.24) is 16.0 Å². The van der Waals surface area contributed by atoms with Gasteiger partial charge in [0.05, 0.1) is 0 Å². The number of hydrogen-bond acceptors (Lipinski definition) is 3. The number of amides is 1. The van der Waals surface area contributed by atoms with Crippen LogP contribution in [-0.2, 0) is 4.74 Å². The number of halogens is 1. The molecule has 0 aromatic heterocycles. The van der Waals surface area contributed by atoms with Crippen molar-refractivity contribution in [1.29, 1.82) is 0 Å². The summed E-state index contributed by atoms with van der Waals surface area (Å²) in [5.41, 5.74) is -0.450. The van der Waals surface area contributed by atoms with Crippen LogP contribution in [0.5, 0.6) is 0 Å². The molecular weight excluding hydrogens is 407 g/mol. The van der Waals surface area contributed by atoms with E-state index in [0.29, 0.717) is 6.54 Å². The largest absolute Gasteiger partial charge is 0.444 e. The maximum absolute atomic E-state index is 11.5. The van der Waals surface area contributed by atoms with Crippen molar-refractivity contribution < 1.29 is 9.53 Å². The Balaban J connectivity index is 0.00000484. The summed E-state index contributed by atoms with van der Waals surface area (Å²) >= 11 is 0. The van der Waals surface area contributed by atoms with Crippen LogP contribution >= 0.6 is 24.0 Å². The number of guanidine groups is 1. The van der Waals surface area contributed by atoms with Gasteiger partial charge in [0, 0.05) is 26.7 Å². The van der Waals surface area contributed by atoms with E-state index in [1.165, 1.54) is 25.7 Å². The Morgan fingerprint density at radius 3 is 2.17 bits per heavy atom. The van der Waals surface area contributed by atoms with E-state index in [1.807, 2.05) is 20.8 Å². The predicted molar refractivity (Wildman–Crippen MR) is 106 cm³/mol. The first-order chi connectivity index (χ1) is 10.4. The van der Waals surface area contributed by atoms with Gasteiger partial charge < -0.3 is 20.7 Å². The summed E-state index contributed by atoms with van der Waals surface area (Å²) in [5, 5.41) is 9.29. The van der Waals surface area contributed by atoms with E-state index < -0.39 is 5.60 Å². The Labute approximate surface area is 157 Å². The number of carbonyl (C=O) groups excluding carboxylic acids is 1. The van der Waals surface area contributed by atoms with Gasteiger partial charge in [-0.05, 0) is 46.0 Å². The first-order valence-electron chi connectivity index (χ1n) is 8.32. The van der Waals surface area contributed by atoms with E-state index >= 15 is 0 Å². The second-order valence-electron chi connectivity index (χ2n) is 6.79. The number of aliphatic imine (C=N–C) groups is 1. The fourth-order valence-corrected chi connectivity index (χ4v) is 2.02. The summed E-state index contributed by atoms with van der Waals surface area (Å²) in [4.78, 5) is 15.6. The highest BCUT2D eigenvalue weighted by Crippen LogP contribution is 2.33. The van der Waals surface area contributed by atoms with Gasteiger partial charge in [0.15, 0.2) is 5.96 Å². The van der Waals surface area contributed by atoms with Crippen molar-refractivity contribution in [2.75, 3.05) is 26.7 Å². The highest BCUT2D eigenvalue weighted by Gasteiger charge is 2.20. The lowest BCUT2D eigenvalue weighted by atomic mass is 10.2. The molecule has 0 spiro atoms. The van der Waals surface area contributed by atoms with Gasteiger partial charge in [-0.1, -0.05) is 12.8 Å². The molecule has 3 N–H and O–H groups in total. The van der Waals surface area contributed by atoms with Crippen LogP contribution in [0.3, 0.4) is 0 Å². The molecule has 1 rings (SSSR count). The Morgan fingerprint density at radius 2 is 1.65 bits per heavy atom. The Morgan fingerprint density at radius 1 is 1.09 bits per heavy atom. The summed E-state index contributed by atoms with van der Waals surface area (Å²) < 4.78 is 5.17. The smallest absolute Gasteiger partial charge is 0.407 e. The minimum absolute atomic E-state index is 0. The summed E-state index contributed by atoms with van der Waals surface area (Å²) in [7, 11) is 1.77. The molecule has 0 unspecified atom stereocenters. The maximum atomic E-state index is 11.5. The topological polar surface area (TPSA) is 74.8 Å². The molecule has 0 aromatic carbocycles. The zero-order valence-electron chi connectivity index (χ0n) is 14.9. The van der Waals surface area contributed by atoms with Gasteiger partial charge in [0.1, 0.15) is 5.60 Å². The molecule has 1 fully saturated rings. The van der Waals surface area contributed by atoms with Crippen LogP contribution in [-0.4, -0.2) is 44.3 Å². The average molecular weight is 440 g/mol. The third kappa shape index (κ3) is 13.4. The molecule has 1 aliphatic rings. The average Bonchev–Trinajstić information content (AvgIpc) is 3.22. The lowest BCUT2D eigenvalue weighted by molar-refractivity contribution is 0.0527. The van der Waals surface area contributed by atoms with Crippen LogP contribution in [0.2, 0.25) is 0 Å². The minimum atomic E-state index is -0.450. The standard InChI is InChI=1S/C16H32N4O2.HI/c1-16(2,3)22-15(21)20-12-6-11-19-14(17-4)18-10-5-7-13-8-9-13;/h13H,5-12H2,1-4H3,(H,20,21)(H2,17,18,19);1H. The van der Waals surface area contributed by atoms with Gasteiger partial charge in [0.25, 0.3) is 0 Å². The van der Waals surface area contributed by atoms with Crippen molar-refractivity contribution in [3.05, 3.63) is 0 Å². The molecule has 1 saturated carbocycles. The summed E-state index contributed by atoms with van der Waals surface area (Å²) in [6, 6.07) is 0. The number of nitrogens with zero attached hydrogens (tertiary/aromatic N) is 1. The molecule has 136 valence electrons. The van der Waals surface area contributed by atoms with E-state index in [4.69, 9.17) is 4.74 Å². The molecule has 23 heavy (non-hydrogen) atoms. The van der Waals surface area contributed by atoms with Gasteiger partial charge in [-0.3, -0.25) is 4.99 Å². The summed E-state index contributed by atoms with van der Waals surface area (Å²) in [6.07, 6.45) is 5.81. The van der Waals surface area contributed by atoms with Crippen LogP contribution < -0.4 is 16.0 Å². The molecule has 0 radical (unpaired) electrons. The highest BCUT2D eigenvalue weighted by molar-refractivity contribution is 14.0. The highest BCUT2D eigenvalue weighted by atomic mass is 127. The van der Waals surface area contributed by atoms with Crippen molar-refractivity contribution in [3.8, 4) is 0 Å². The number of nitrogens with one attached hydrogen (secondary N) is 3. The van der Waals surface area contributed by atoms with Crippen LogP contribution in [0.1, 0.15) is 52.9 Å². The Kier molecular flexibility index (Phi) is 11.4. The minimum Gasteiger partial charge on any atom is -0.444 e. The molecule has 0 aliphatic heterocycles. The fourth-order valence-electron chi connectivity index (χ4n) is 2.02. The Bertz CT molecular complexity index is 366. The molecule has 7 heteroatoms. The zero-order chi connectivity index (χ0) is 16.4. The third-order valence-corrected chi connectivity index (χ3v) is 3.32. The van der Waals surface area contributed by atoms with Gasteiger partial charge in [-0.2, -0.15) is 0 Å². The number of carbonyl (C=O) groups is 1. The summed E-state index contributed by atoms with van der Waals surface area (Å²) in [6.45, 7) is 7.87. The van der Waals surface area contributed by atoms with Gasteiger partial charge >= 0.3 is 6.09 Å². The second kappa shape index (κ2) is 11.8. The van der Waals surface area contributed by atoms with Gasteiger partial charge in [0.2, 0.25) is 0 Å². The SMILES string of the molecule is CN=C(NCCCNC(=O)OC(C)(C)C)NCCCC1CC1.I. The van der Waals surface area contributed by atoms with E-state index in [1.54, 1.807) is 7.05 Å². The van der Waals surface area contributed by atoms with Crippen LogP contribution in [0.25, 0.3) is 0 Å². The zero-order valence-corrected chi connectivity index (χ0v) is 17.2. The lowest BCUT2D eigenvalue weighted by Crippen LogP contribution is -2.39. The number of hydrogen-bond donors (Lipinski definition) is 3. The van der Waals surface area contributed by atoms with Crippen LogP contribution in [0.4, 0.5) is 4.79 Å². The van der Waals surface area contributed by atoms with Crippen LogP contribution in [0.15, 0.2) is 4.99 Å². The van der Waals surface area contributed by atoms with Crippen LogP contribution in [0, 0.1) is 5.92 Å². The van der Waals surface area contributed by atoms with Gasteiger partial charge in [-0.15, -0.1) is 24.0 Å². The van der Waals surface area contributed by atoms with E-state index in [9.17, 15) is 4.79 Å². The molecular formula is C16H33IN4O2. The van der Waals surface area contributed by atoms with E-state index in [-0.39, 0.29) is 30.1 Å². The fraction of sp³-hybridized carbons (Fsp3) is 0.875. The first-order valence-corrected chi connectivity index (χ1v) is 8.32. The van der Waals surface area contributed by atoms with Gasteiger partial charge in [-0.25, -0.2) is 4.79 Å².